The Balaban J connectivity index is 1.80. The fourth-order valence-corrected chi connectivity index (χ4v) is 3.99. The fraction of sp³-hybridized carbons (Fsp3) is 0.550. The van der Waals surface area contributed by atoms with Crippen LogP contribution >= 0.6 is 0 Å². The molecule has 0 unspecified atom stereocenters. The number of nitrogens with zero attached hydrogens (tertiary/aromatic N) is 2. The Hall–Kier alpha value is -2.41. The van der Waals surface area contributed by atoms with Gasteiger partial charge in [0.25, 0.3) is 5.91 Å². The molecule has 0 aliphatic carbocycles. The molecule has 4 amide bonds. The number of morpholine rings is 1. The number of benzene rings is 1. The summed E-state index contributed by atoms with van der Waals surface area (Å²) in [5.74, 6) is -0.593. The summed E-state index contributed by atoms with van der Waals surface area (Å²) < 4.78 is 5.65. The average molecular weight is 373 g/mol. The van der Waals surface area contributed by atoms with Gasteiger partial charge in [0.1, 0.15) is 12.1 Å². The lowest BCUT2D eigenvalue weighted by atomic mass is 9.85. The van der Waals surface area contributed by atoms with Crippen LogP contribution in [0.5, 0.6) is 0 Å². The van der Waals surface area contributed by atoms with E-state index in [-0.39, 0.29) is 30.6 Å². The first-order valence-electron chi connectivity index (χ1n) is 9.50. The lowest BCUT2D eigenvalue weighted by molar-refractivity contribution is -0.147. The maximum Gasteiger partial charge on any atom is 0.325 e. The topological polar surface area (TPSA) is 79.0 Å². The van der Waals surface area contributed by atoms with Gasteiger partial charge in [-0.25, -0.2) is 4.79 Å². The van der Waals surface area contributed by atoms with Crippen molar-refractivity contribution in [2.75, 3.05) is 19.6 Å². The van der Waals surface area contributed by atoms with E-state index < -0.39 is 11.6 Å². The van der Waals surface area contributed by atoms with E-state index in [9.17, 15) is 14.4 Å². The van der Waals surface area contributed by atoms with Gasteiger partial charge in [0.15, 0.2) is 0 Å². The predicted molar refractivity (Wildman–Crippen MR) is 99.9 cm³/mol. The van der Waals surface area contributed by atoms with Crippen molar-refractivity contribution in [3.63, 3.8) is 0 Å². The number of imide groups is 1. The zero-order chi connectivity index (χ0) is 19.6. The van der Waals surface area contributed by atoms with E-state index in [0.29, 0.717) is 19.5 Å². The van der Waals surface area contributed by atoms with E-state index in [0.717, 1.165) is 16.9 Å². The summed E-state index contributed by atoms with van der Waals surface area (Å²) in [6.45, 7) is 6.46. The minimum absolute atomic E-state index is 0.0655. The van der Waals surface area contributed by atoms with Gasteiger partial charge in [-0.2, -0.15) is 0 Å². The molecule has 27 heavy (non-hydrogen) atoms. The number of amides is 4. The zero-order valence-electron chi connectivity index (χ0n) is 16.1. The summed E-state index contributed by atoms with van der Waals surface area (Å²) >= 11 is 0. The minimum atomic E-state index is -1.10. The Bertz CT molecular complexity index is 713. The molecule has 3 rings (SSSR count). The van der Waals surface area contributed by atoms with Gasteiger partial charge < -0.3 is 15.0 Å². The SMILES string of the molecule is CCC[C@@]1(c2ccccc2)NC(=O)N(CC(=O)N2C[C@@H](C)O[C@H](C)C2)C1=O. The summed E-state index contributed by atoms with van der Waals surface area (Å²) in [6, 6.07) is 8.72. The van der Waals surface area contributed by atoms with Gasteiger partial charge >= 0.3 is 6.03 Å². The fourth-order valence-electron chi connectivity index (χ4n) is 3.99. The third-order valence-electron chi connectivity index (χ3n) is 5.13. The molecule has 7 nitrogen and oxygen atoms in total. The Kier molecular flexibility index (Phi) is 5.51. The van der Waals surface area contributed by atoms with E-state index in [1.54, 1.807) is 4.90 Å². The summed E-state index contributed by atoms with van der Waals surface area (Å²) in [6.07, 6.45) is 1.08. The molecule has 146 valence electrons. The van der Waals surface area contributed by atoms with Crippen LogP contribution in [0.1, 0.15) is 39.2 Å². The van der Waals surface area contributed by atoms with E-state index in [1.165, 1.54) is 0 Å². The summed E-state index contributed by atoms with van der Waals surface area (Å²) in [5.41, 5.74) is -0.354. The standard InChI is InChI=1S/C20H27N3O4/c1-4-10-20(16-8-6-5-7-9-16)18(25)23(19(26)21-20)13-17(24)22-11-14(2)27-15(3)12-22/h5-9,14-15H,4,10-13H2,1-3H3,(H,21,26)/t14-,15-,20+/m1/s1. The van der Waals surface area contributed by atoms with Gasteiger partial charge in [-0.15, -0.1) is 0 Å². The van der Waals surface area contributed by atoms with Crippen LogP contribution < -0.4 is 5.32 Å². The van der Waals surface area contributed by atoms with Crippen LogP contribution in [-0.2, 0) is 19.9 Å². The van der Waals surface area contributed by atoms with Crippen LogP contribution in [0.4, 0.5) is 4.79 Å². The molecule has 0 bridgehead atoms. The van der Waals surface area contributed by atoms with Gasteiger partial charge in [0.05, 0.1) is 12.2 Å². The number of ether oxygens (including phenoxy) is 1. The Labute approximate surface area is 159 Å². The molecular formula is C20H27N3O4. The molecule has 3 atom stereocenters. The second-order valence-corrected chi connectivity index (χ2v) is 7.40. The quantitative estimate of drug-likeness (QED) is 0.799. The smallest absolute Gasteiger partial charge is 0.325 e. The second kappa shape index (κ2) is 7.68. The van der Waals surface area contributed by atoms with Crippen molar-refractivity contribution in [3.8, 4) is 0 Å². The number of urea groups is 1. The molecule has 2 fully saturated rings. The molecule has 0 spiro atoms. The third kappa shape index (κ3) is 3.69. The van der Waals surface area contributed by atoms with Gasteiger partial charge in [-0.3, -0.25) is 14.5 Å². The highest BCUT2D eigenvalue weighted by Gasteiger charge is 2.52. The molecule has 2 aliphatic rings. The highest BCUT2D eigenvalue weighted by molar-refractivity contribution is 6.09. The molecule has 2 aliphatic heterocycles. The van der Waals surface area contributed by atoms with Gasteiger partial charge in [-0.05, 0) is 25.8 Å². The van der Waals surface area contributed by atoms with E-state index in [2.05, 4.69) is 5.32 Å². The molecule has 2 heterocycles. The van der Waals surface area contributed by atoms with Crippen molar-refractivity contribution in [3.05, 3.63) is 35.9 Å². The highest BCUT2D eigenvalue weighted by Crippen LogP contribution is 2.33. The van der Waals surface area contributed by atoms with E-state index in [1.807, 2.05) is 51.1 Å². The lowest BCUT2D eigenvalue weighted by Crippen LogP contribution is -2.52. The molecular weight excluding hydrogens is 346 g/mol. The Morgan fingerprint density at radius 1 is 1.19 bits per heavy atom. The summed E-state index contributed by atoms with van der Waals surface area (Å²) in [5, 5.41) is 2.85. The van der Waals surface area contributed by atoms with E-state index >= 15 is 0 Å². The lowest BCUT2D eigenvalue weighted by Gasteiger charge is -2.36. The number of nitrogens with one attached hydrogen (secondary N) is 1. The first-order chi connectivity index (χ1) is 12.9. The monoisotopic (exact) mass is 373 g/mol. The molecule has 0 aromatic heterocycles. The van der Waals surface area contributed by atoms with Crippen molar-refractivity contribution >= 4 is 17.8 Å². The molecule has 0 radical (unpaired) electrons. The van der Waals surface area contributed by atoms with Crippen LogP contribution in [0, 0.1) is 0 Å². The third-order valence-corrected chi connectivity index (χ3v) is 5.13. The van der Waals surface area contributed by atoms with Gasteiger partial charge in [0, 0.05) is 13.1 Å². The first kappa shape index (κ1) is 19.4. The Morgan fingerprint density at radius 2 is 1.81 bits per heavy atom. The van der Waals surface area contributed by atoms with Crippen LogP contribution in [0.2, 0.25) is 0 Å². The normalized spacial score (nSPS) is 28.4. The molecule has 1 N–H and O–H groups in total. The maximum absolute atomic E-state index is 13.2. The number of carbonyl (C=O) groups excluding carboxylic acids is 3. The molecule has 2 saturated heterocycles. The van der Waals surface area contributed by atoms with Crippen molar-refractivity contribution < 1.29 is 19.1 Å². The van der Waals surface area contributed by atoms with Crippen LogP contribution in [-0.4, -0.2) is 59.5 Å². The number of hydrogen-bond acceptors (Lipinski definition) is 4. The second-order valence-electron chi connectivity index (χ2n) is 7.40. The first-order valence-corrected chi connectivity index (χ1v) is 9.50. The van der Waals surface area contributed by atoms with Crippen LogP contribution in [0.25, 0.3) is 0 Å². The minimum Gasteiger partial charge on any atom is -0.372 e. The van der Waals surface area contributed by atoms with Crippen molar-refractivity contribution in [2.45, 2.75) is 51.4 Å². The highest BCUT2D eigenvalue weighted by atomic mass is 16.5. The number of carbonyl (C=O) groups is 3. The number of hydrogen-bond donors (Lipinski definition) is 1. The van der Waals surface area contributed by atoms with Crippen molar-refractivity contribution in [1.29, 1.82) is 0 Å². The molecule has 1 aromatic carbocycles. The van der Waals surface area contributed by atoms with Gasteiger partial charge in [-0.1, -0.05) is 43.7 Å². The summed E-state index contributed by atoms with van der Waals surface area (Å²) in [4.78, 5) is 41.3. The van der Waals surface area contributed by atoms with Crippen molar-refractivity contribution in [2.24, 2.45) is 0 Å². The number of rotatable bonds is 5. The summed E-state index contributed by atoms with van der Waals surface area (Å²) in [7, 11) is 0. The largest absolute Gasteiger partial charge is 0.372 e. The maximum atomic E-state index is 13.2. The average Bonchev–Trinajstić information content (AvgIpc) is 2.87. The van der Waals surface area contributed by atoms with E-state index in [4.69, 9.17) is 4.74 Å². The molecule has 1 aromatic rings. The van der Waals surface area contributed by atoms with Gasteiger partial charge in [0.2, 0.25) is 5.91 Å². The van der Waals surface area contributed by atoms with Crippen LogP contribution in [0.15, 0.2) is 30.3 Å². The molecule has 0 saturated carbocycles. The predicted octanol–water partition coefficient (Wildman–Crippen LogP) is 1.87. The van der Waals surface area contributed by atoms with Crippen molar-refractivity contribution in [1.82, 2.24) is 15.1 Å². The Morgan fingerprint density at radius 3 is 2.41 bits per heavy atom. The van der Waals surface area contributed by atoms with Crippen LogP contribution in [0.3, 0.4) is 0 Å². The molecule has 7 heteroatoms. The zero-order valence-corrected chi connectivity index (χ0v) is 16.1.